The van der Waals surface area contributed by atoms with Gasteiger partial charge in [-0.2, -0.15) is 0 Å². The number of halogens is 2. The molecule has 0 saturated heterocycles. The van der Waals surface area contributed by atoms with E-state index in [2.05, 4.69) is 37.2 Å². The molecule has 0 atom stereocenters. The Morgan fingerprint density at radius 1 is 1.47 bits per heavy atom. The van der Waals surface area contributed by atoms with Crippen LogP contribution in [0.3, 0.4) is 0 Å². The second kappa shape index (κ2) is 4.84. The number of thiophene rings is 1. The number of amides is 1. The normalized spacial score (nSPS) is 11.3. The van der Waals surface area contributed by atoms with Gasteiger partial charge < -0.3 is 10.1 Å². The van der Waals surface area contributed by atoms with Gasteiger partial charge in [-0.25, -0.2) is 4.79 Å². The number of carbonyl (C=O) groups is 1. The van der Waals surface area contributed by atoms with Gasteiger partial charge in [0.2, 0.25) is 0 Å². The van der Waals surface area contributed by atoms with Gasteiger partial charge in [0.1, 0.15) is 0 Å². The van der Waals surface area contributed by atoms with Crippen molar-refractivity contribution in [2.75, 3.05) is 0 Å². The van der Waals surface area contributed by atoms with E-state index >= 15 is 0 Å². The monoisotopic (exact) mass is 355 g/mol. The fourth-order valence-electron chi connectivity index (χ4n) is 0.800. The Morgan fingerprint density at radius 3 is 2.47 bits per heavy atom. The van der Waals surface area contributed by atoms with Gasteiger partial charge >= 0.3 is 6.09 Å². The molecule has 1 heterocycles. The van der Waals surface area contributed by atoms with E-state index in [1.165, 1.54) is 11.3 Å². The van der Waals surface area contributed by atoms with Crippen molar-refractivity contribution in [2.24, 2.45) is 0 Å². The zero-order valence-electron chi connectivity index (χ0n) is 8.56. The Kier molecular flexibility index (Phi) is 4.20. The fourth-order valence-corrected chi connectivity index (χ4v) is 2.62. The van der Waals surface area contributed by atoms with Crippen LogP contribution in [0.15, 0.2) is 14.3 Å². The minimum atomic E-state index is -0.441. The maximum atomic E-state index is 11.4. The summed E-state index contributed by atoms with van der Waals surface area (Å²) in [7, 11) is 0. The molecule has 3 nitrogen and oxygen atoms in total. The maximum Gasteiger partial charge on any atom is 0.413 e. The topological polar surface area (TPSA) is 38.3 Å². The molecule has 6 heteroatoms. The van der Waals surface area contributed by atoms with E-state index in [0.717, 1.165) is 8.26 Å². The third kappa shape index (κ3) is 4.53. The summed E-state index contributed by atoms with van der Waals surface area (Å²) in [6, 6.07) is 1.75. The molecule has 0 unspecified atom stereocenters. The predicted octanol–water partition coefficient (Wildman–Crippen LogP) is 4.16. The lowest BCUT2D eigenvalue weighted by Crippen LogP contribution is -2.42. The summed E-state index contributed by atoms with van der Waals surface area (Å²) >= 11 is 8.00. The Bertz CT molecular complexity index is 351. The highest BCUT2D eigenvalue weighted by molar-refractivity contribution is 9.13. The van der Waals surface area contributed by atoms with Crippen LogP contribution in [0.2, 0.25) is 0 Å². The van der Waals surface area contributed by atoms with E-state index in [-0.39, 0.29) is 5.54 Å². The second-order valence-electron chi connectivity index (χ2n) is 3.95. The quantitative estimate of drug-likeness (QED) is 0.820. The molecular weight excluding hydrogens is 346 g/mol. The van der Waals surface area contributed by atoms with Gasteiger partial charge in [-0.3, -0.25) is 0 Å². The first-order valence-electron chi connectivity index (χ1n) is 4.23. The summed E-state index contributed by atoms with van der Waals surface area (Å²) in [5, 5.41) is 3.26. The molecule has 1 aromatic rings. The van der Waals surface area contributed by atoms with Crippen LogP contribution in [0.25, 0.3) is 0 Å². The molecule has 0 aliphatic carbocycles. The first-order valence-corrected chi connectivity index (χ1v) is 6.63. The lowest BCUT2D eigenvalue weighted by molar-refractivity contribution is 0.192. The van der Waals surface area contributed by atoms with Crippen LogP contribution in [0, 0.1) is 0 Å². The molecule has 0 saturated carbocycles. The summed E-state index contributed by atoms with van der Waals surface area (Å²) in [5.74, 6) is 0. The maximum absolute atomic E-state index is 11.4. The number of nitrogens with one attached hydrogen (secondary N) is 1. The smallest absolute Gasteiger partial charge is 0.399 e. The van der Waals surface area contributed by atoms with Crippen LogP contribution in [0.5, 0.6) is 5.06 Å². The van der Waals surface area contributed by atoms with E-state index in [0.29, 0.717) is 5.06 Å². The number of rotatable bonds is 1. The zero-order chi connectivity index (χ0) is 11.6. The van der Waals surface area contributed by atoms with Crippen molar-refractivity contribution in [2.45, 2.75) is 26.3 Å². The summed E-state index contributed by atoms with van der Waals surface area (Å²) in [4.78, 5) is 11.4. The minimum absolute atomic E-state index is 0.289. The Morgan fingerprint density at radius 2 is 2.07 bits per heavy atom. The predicted molar refractivity (Wildman–Crippen MR) is 68.6 cm³/mol. The van der Waals surface area contributed by atoms with Crippen molar-refractivity contribution in [3.63, 3.8) is 0 Å². The highest BCUT2D eigenvalue weighted by Gasteiger charge is 2.16. The highest BCUT2D eigenvalue weighted by atomic mass is 79.9. The molecule has 1 amide bonds. The molecule has 1 aromatic heterocycles. The van der Waals surface area contributed by atoms with Gasteiger partial charge in [-0.05, 0) is 52.6 Å². The highest BCUT2D eigenvalue weighted by Crippen LogP contribution is 2.37. The van der Waals surface area contributed by atoms with E-state index in [1.54, 1.807) is 6.07 Å². The molecule has 15 heavy (non-hydrogen) atoms. The number of ether oxygens (including phenoxy) is 1. The van der Waals surface area contributed by atoms with Crippen LogP contribution < -0.4 is 10.1 Å². The van der Waals surface area contributed by atoms with Crippen LogP contribution in [0.1, 0.15) is 20.8 Å². The van der Waals surface area contributed by atoms with E-state index in [1.807, 2.05) is 20.8 Å². The van der Waals surface area contributed by atoms with Crippen molar-refractivity contribution in [1.29, 1.82) is 0 Å². The summed E-state index contributed by atoms with van der Waals surface area (Å²) in [5.41, 5.74) is -0.289. The molecule has 1 rings (SSSR count). The fraction of sp³-hybridized carbons (Fsp3) is 0.444. The van der Waals surface area contributed by atoms with Crippen LogP contribution in [-0.2, 0) is 0 Å². The Balaban J connectivity index is 2.59. The van der Waals surface area contributed by atoms with Crippen molar-refractivity contribution >= 4 is 49.3 Å². The molecule has 0 fully saturated rings. The summed E-state index contributed by atoms with van der Waals surface area (Å²) in [6.07, 6.45) is -0.441. The molecule has 0 aliphatic heterocycles. The molecule has 0 aliphatic rings. The molecule has 0 spiro atoms. The zero-order valence-corrected chi connectivity index (χ0v) is 12.5. The average molecular weight is 357 g/mol. The summed E-state index contributed by atoms with van der Waals surface area (Å²) in [6.45, 7) is 5.69. The molecule has 84 valence electrons. The van der Waals surface area contributed by atoms with Crippen molar-refractivity contribution < 1.29 is 9.53 Å². The SMILES string of the molecule is CC(C)(C)NC(=O)Oc1cc(Br)c(Br)s1. The molecular formula is C9H11Br2NO2S. The number of carbonyl (C=O) groups excluding carboxylic acids is 1. The van der Waals surface area contributed by atoms with E-state index in [4.69, 9.17) is 4.74 Å². The van der Waals surface area contributed by atoms with Gasteiger partial charge in [0.25, 0.3) is 0 Å². The van der Waals surface area contributed by atoms with Crippen molar-refractivity contribution in [3.05, 3.63) is 14.3 Å². The van der Waals surface area contributed by atoms with Crippen LogP contribution in [-0.4, -0.2) is 11.6 Å². The number of hydrogen-bond acceptors (Lipinski definition) is 3. The van der Waals surface area contributed by atoms with Crippen molar-refractivity contribution in [1.82, 2.24) is 5.32 Å². The lowest BCUT2D eigenvalue weighted by atomic mass is 10.1. The lowest BCUT2D eigenvalue weighted by Gasteiger charge is -2.19. The average Bonchev–Trinajstić information content (AvgIpc) is 2.26. The van der Waals surface area contributed by atoms with Crippen LogP contribution >= 0.6 is 43.2 Å². The van der Waals surface area contributed by atoms with Crippen molar-refractivity contribution in [3.8, 4) is 5.06 Å². The summed E-state index contributed by atoms with van der Waals surface area (Å²) < 4.78 is 6.88. The van der Waals surface area contributed by atoms with E-state index < -0.39 is 6.09 Å². The van der Waals surface area contributed by atoms with Gasteiger partial charge in [0, 0.05) is 16.1 Å². The van der Waals surface area contributed by atoms with Gasteiger partial charge in [-0.1, -0.05) is 11.3 Å². The van der Waals surface area contributed by atoms with Crippen LogP contribution in [0.4, 0.5) is 4.79 Å². The van der Waals surface area contributed by atoms with Gasteiger partial charge in [0.05, 0.1) is 3.79 Å². The number of hydrogen-bond donors (Lipinski definition) is 1. The minimum Gasteiger partial charge on any atom is -0.399 e. The largest absolute Gasteiger partial charge is 0.413 e. The standard InChI is InChI=1S/C9H11Br2NO2S/c1-9(2,3)12-8(13)14-6-4-5(10)7(11)15-6/h4H,1-3H3,(H,12,13). The molecule has 1 N–H and O–H groups in total. The first kappa shape index (κ1) is 13.0. The van der Waals surface area contributed by atoms with E-state index in [9.17, 15) is 4.79 Å². The Labute approximate surface area is 109 Å². The molecule has 0 bridgehead atoms. The van der Waals surface area contributed by atoms with Gasteiger partial charge in [0.15, 0.2) is 5.06 Å². The Hall–Kier alpha value is -0.0700. The third-order valence-electron chi connectivity index (χ3n) is 1.29. The molecule has 0 aromatic carbocycles. The molecule has 0 radical (unpaired) electrons. The van der Waals surface area contributed by atoms with Gasteiger partial charge in [-0.15, -0.1) is 0 Å². The second-order valence-corrected chi connectivity index (χ2v) is 7.14. The third-order valence-corrected chi connectivity index (χ3v) is 4.43. The first-order chi connectivity index (χ1) is 6.78.